The van der Waals surface area contributed by atoms with Gasteiger partial charge in [-0.15, -0.1) is 0 Å². The van der Waals surface area contributed by atoms with E-state index in [4.69, 9.17) is 11.5 Å². The molecule has 8 heavy (non-hydrogen) atoms. The van der Waals surface area contributed by atoms with Gasteiger partial charge in [0, 0.05) is 0 Å². The van der Waals surface area contributed by atoms with E-state index in [0.29, 0.717) is 6.54 Å². The number of hydrogen-bond donors (Lipinski definition) is 2. The van der Waals surface area contributed by atoms with Crippen LogP contribution in [0.4, 0.5) is 0 Å². The first-order chi connectivity index (χ1) is 3.81. The van der Waals surface area contributed by atoms with Gasteiger partial charge in [0.15, 0.2) is 0 Å². The van der Waals surface area contributed by atoms with Gasteiger partial charge in [0.2, 0.25) is 0 Å². The molecule has 49 valence electrons. The van der Waals surface area contributed by atoms with E-state index in [1.165, 1.54) is 5.92 Å². The van der Waals surface area contributed by atoms with Gasteiger partial charge in [-0.2, -0.15) is 0 Å². The molecule has 0 spiro atoms. The monoisotopic (exact) mass is 115 g/mol. The topological polar surface area (TPSA) is 52.0 Å². The summed E-state index contributed by atoms with van der Waals surface area (Å²) in [6.45, 7) is 3.55. The SMILES string of the molecule is C[C](CN)CCCN. The minimum Gasteiger partial charge on any atom is -0.330 e. The summed E-state index contributed by atoms with van der Waals surface area (Å²) >= 11 is 0. The molecule has 0 heterocycles. The van der Waals surface area contributed by atoms with E-state index in [2.05, 4.69) is 6.92 Å². The molecule has 0 amide bonds. The Kier molecular flexibility index (Phi) is 5.01. The minimum atomic E-state index is 0.708. The first kappa shape index (κ1) is 7.92. The Labute approximate surface area is 51.2 Å². The minimum absolute atomic E-state index is 0.708. The largest absolute Gasteiger partial charge is 0.330 e. The van der Waals surface area contributed by atoms with Crippen LogP contribution in [0.25, 0.3) is 0 Å². The van der Waals surface area contributed by atoms with E-state index in [1.807, 2.05) is 0 Å². The zero-order valence-electron chi connectivity index (χ0n) is 5.48. The van der Waals surface area contributed by atoms with Gasteiger partial charge in [0.25, 0.3) is 0 Å². The van der Waals surface area contributed by atoms with Crippen LogP contribution in [0.15, 0.2) is 0 Å². The van der Waals surface area contributed by atoms with Crippen LogP contribution in [0, 0.1) is 5.92 Å². The van der Waals surface area contributed by atoms with E-state index < -0.39 is 0 Å². The summed E-state index contributed by atoms with van der Waals surface area (Å²) in [7, 11) is 0. The molecule has 2 nitrogen and oxygen atoms in total. The van der Waals surface area contributed by atoms with E-state index in [1.54, 1.807) is 0 Å². The molecule has 0 rings (SSSR count). The summed E-state index contributed by atoms with van der Waals surface area (Å²) in [4.78, 5) is 0. The van der Waals surface area contributed by atoms with Crippen LogP contribution < -0.4 is 11.5 Å². The second kappa shape index (κ2) is 5.06. The number of rotatable bonds is 4. The van der Waals surface area contributed by atoms with E-state index in [-0.39, 0.29) is 0 Å². The van der Waals surface area contributed by atoms with Crippen LogP contribution in [0.1, 0.15) is 19.8 Å². The third-order valence-corrected chi connectivity index (χ3v) is 1.16. The van der Waals surface area contributed by atoms with Gasteiger partial charge in [0.1, 0.15) is 0 Å². The maximum absolute atomic E-state index is 5.33. The van der Waals surface area contributed by atoms with Crippen molar-refractivity contribution >= 4 is 0 Å². The molecule has 0 aromatic carbocycles. The predicted octanol–water partition coefficient (Wildman–Crippen LogP) is 0.278. The van der Waals surface area contributed by atoms with Crippen molar-refractivity contribution in [2.24, 2.45) is 11.5 Å². The van der Waals surface area contributed by atoms with Gasteiger partial charge in [-0.25, -0.2) is 0 Å². The molecule has 0 saturated heterocycles. The highest BCUT2D eigenvalue weighted by molar-refractivity contribution is 4.84. The summed E-state index contributed by atoms with van der Waals surface area (Å²) in [6.07, 6.45) is 2.16. The summed E-state index contributed by atoms with van der Waals surface area (Å²) in [5.41, 5.74) is 10.6. The lowest BCUT2D eigenvalue weighted by Crippen LogP contribution is -2.10. The van der Waals surface area contributed by atoms with E-state index in [9.17, 15) is 0 Å². The normalized spacial score (nSPS) is 10.5. The van der Waals surface area contributed by atoms with Crippen LogP contribution in [-0.4, -0.2) is 13.1 Å². The van der Waals surface area contributed by atoms with Crippen LogP contribution >= 0.6 is 0 Å². The molecule has 0 unspecified atom stereocenters. The van der Waals surface area contributed by atoms with Crippen molar-refractivity contribution in [3.63, 3.8) is 0 Å². The molecule has 0 aromatic rings. The van der Waals surface area contributed by atoms with E-state index >= 15 is 0 Å². The smallest absolute Gasteiger partial charge is 0.00175 e. The molecule has 2 heteroatoms. The van der Waals surface area contributed by atoms with Gasteiger partial charge < -0.3 is 11.5 Å². The summed E-state index contributed by atoms with van der Waals surface area (Å²) in [5, 5.41) is 0. The van der Waals surface area contributed by atoms with Gasteiger partial charge in [-0.3, -0.25) is 0 Å². The van der Waals surface area contributed by atoms with Crippen LogP contribution in [0.5, 0.6) is 0 Å². The van der Waals surface area contributed by atoms with Crippen LogP contribution in [0.2, 0.25) is 0 Å². The molecule has 0 aliphatic rings. The van der Waals surface area contributed by atoms with Crippen molar-refractivity contribution in [2.45, 2.75) is 19.8 Å². The highest BCUT2D eigenvalue weighted by Gasteiger charge is 1.95. The molecule has 4 N–H and O–H groups in total. The van der Waals surface area contributed by atoms with Gasteiger partial charge in [-0.05, 0) is 31.8 Å². The van der Waals surface area contributed by atoms with Gasteiger partial charge in [0.05, 0.1) is 0 Å². The van der Waals surface area contributed by atoms with Crippen molar-refractivity contribution in [3.8, 4) is 0 Å². The van der Waals surface area contributed by atoms with Crippen molar-refractivity contribution in [3.05, 3.63) is 5.92 Å². The lowest BCUT2D eigenvalue weighted by molar-refractivity contribution is 0.729. The standard InChI is InChI=1S/C6H15N2/c1-6(5-8)3-2-4-7/h2-5,7-8H2,1H3. The van der Waals surface area contributed by atoms with Crippen molar-refractivity contribution < 1.29 is 0 Å². The Hall–Kier alpha value is -0.0800. The molecule has 0 saturated carbocycles. The lowest BCUT2D eigenvalue weighted by atomic mass is 10.1. The van der Waals surface area contributed by atoms with Gasteiger partial charge >= 0.3 is 0 Å². The van der Waals surface area contributed by atoms with E-state index in [0.717, 1.165) is 19.4 Å². The molecule has 0 bridgehead atoms. The summed E-state index contributed by atoms with van der Waals surface area (Å²) < 4.78 is 0. The molecular formula is C6H15N2. The maximum atomic E-state index is 5.33. The molecule has 0 aliphatic carbocycles. The zero-order valence-corrected chi connectivity index (χ0v) is 5.48. The number of nitrogens with two attached hydrogens (primary N) is 2. The highest BCUT2D eigenvalue weighted by Crippen LogP contribution is 2.02. The Morgan fingerprint density at radius 3 is 2.38 bits per heavy atom. The predicted molar refractivity (Wildman–Crippen MR) is 36.3 cm³/mol. The quantitative estimate of drug-likeness (QED) is 0.553. The molecule has 0 aromatic heterocycles. The first-order valence-electron chi connectivity index (χ1n) is 3.02. The Balaban J connectivity index is 2.86. The van der Waals surface area contributed by atoms with Crippen molar-refractivity contribution in [1.82, 2.24) is 0 Å². The Morgan fingerprint density at radius 1 is 1.38 bits per heavy atom. The lowest BCUT2D eigenvalue weighted by Gasteiger charge is -2.03. The average Bonchev–Trinajstić information content (AvgIpc) is 1.83. The summed E-state index contributed by atoms with van der Waals surface area (Å²) in [6, 6.07) is 0. The fourth-order valence-electron chi connectivity index (χ4n) is 0.506. The molecular weight excluding hydrogens is 100 g/mol. The third kappa shape index (κ3) is 4.09. The fraction of sp³-hybridized carbons (Fsp3) is 0.833. The third-order valence-electron chi connectivity index (χ3n) is 1.16. The second-order valence-electron chi connectivity index (χ2n) is 2.05. The molecule has 0 atom stereocenters. The molecule has 1 radical (unpaired) electrons. The van der Waals surface area contributed by atoms with Crippen molar-refractivity contribution in [1.29, 1.82) is 0 Å². The van der Waals surface area contributed by atoms with Crippen LogP contribution in [0.3, 0.4) is 0 Å². The maximum Gasteiger partial charge on any atom is -0.00175 e. The van der Waals surface area contributed by atoms with Gasteiger partial charge in [-0.1, -0.05) is 6.92 Å². The summed E-state index contributed by atoms with van der Waals surface area (Å²) in [5.74, 6) is 1.34. The fourth-order valence-corrected chi connectivity index (χ4v) is 0.506. The van der Waals surface area contributed by atoms with Crippen molar-refractivity contribution in [2.75, 3.05) is 13.1 Å². The zero-order chi connectivity index (χ0) is 6.41. The second-order valence-corrected chi connectivity index (χ2v) is 2.05. The first-order valence-corrected chi connectivity index (χ1v) is 3.02. The highest BCUT2D eigenvalue weighted by atomic mass is 14.5. The number of hydrogen-bond acceptors (Lipinski definition) is 2. The average molecular weight is 115 g/mol. The Bertz CT molecular complexity index is 45.8. The Morgan fingerprint density at radius 2 is 2.00 bits per heavy atom. The molecule has 0 aliphatic heterocycles. The van der Waals surface area contributed by atoms with Crippen LogP contribution in [-0.2, 0) is 0 Å². The molecule has 0 fully saturated rings.